The van der Waals surface area contributed by atoms with E-state index in [1.165, 1.54) is 43.7 Å². The number of anilines is 1. The number of sulfonamides is 1. The van der Waals surface area contributed by atoms with Crippen molar-refractivity contribution in [2.24, 2.45) is 5.73 Å². The fraction of sp³-hybridized carbons (Fsp3) is 0.387. The molecule has 274 valence electrons. The first kappa shape index (κ1) is 36.6. The zero-order valence-electron chi connectivity index (χ0n) is 27.4. The quantitative estimate of drug-likeness (QED) is 0.116. The van der Waals surface area contributed by atoms with Crippen LogP contribution in [-0.2, 0) is 28.4 Å². The number of hydrogen-bond acceptors (Lipinski definition) is 13. The van der Waals surface area contributed by atoms with E-state index in [1.54, 1.807) is 6.07 Å². The lowest BCUT2D eigenvalue weighted by Crippen LogP contribution is -2.34. The van der Waals surface area contributed by atoms with Crippen LogP contribution >= 0.6 is 7.82 Å². The smallest absolute Gasteiger partial charge is 0.455 e. The number of phosphoric acid groups is 1. The highest BCUT2D eigenvalue weighted by molar-refractivity contribution is 7.92. The number of halogens is 1. The van der Waals surface area contributed by atoms with Crippen LogP contribution in [0.3, 0.4) is 0 Å². The average Bonchev–Trinajstić information content (AvgIpc) is 3.56. The van der Waals surface area contributed by atoms with E-state index in [0.717, 1.165) is 28.1 Å². The third kappa shape index (κ3) is 7.70. The van der Waals surface area contributed by atoms with E-state index in [-0.39, 0.29) is 40.0 Å². The van der Waals surface area contributed by atoms with Crippen LogP contribution in [0, 0.1) is 5.82 Å². The summed E-state index contributed by atoms with van der Waals surface area (Å²) in [6.07, 6.45) is -1.87. The number of nitrogens with two attached hydrogens (primary N) is 1. The summed E-state index contributed by atoms with van der Waals surface area (Å²) in [6, 6.07) is 8.56. The second-order valence-corrected chi connectivity index (χ2v) is 15.5. The van der Waals surface area contributed by atoms with Gasteiger partial charge in [-0.25, -0.2) is 27.0 Å². The third-order valence-corrected chi connectivity index (χ3v) is 10.6. The maximum Gasteiger partial charge on any atom is 0.472 e. The van der Waals surface area contributed by atoms with Gasteiger partial charge in [-0.15, -0.1) is 5.10 Å². The van der Waals surface area contributed by atoms with Gasteiger partial charge >= 0.3 is 7.82 Å². The lowest BCUT2D eigenvalue weighted by Gasteiger charge is -2.25. The van der Waals surface area contributed by atoms with Crippen molar-refractivity contribution >= 4 is 46.1 Å². The molecule has 17 nitrogen and oxygen atoms in total. The van der Waals surface area contributed by atoms with Gasteiger partial charge in [0.2, 0.25) is 10.0 Å². The summed E-state index contributed by atoms with van der Waals surface area (Å²) in [5.41, 5.74) is 7.29. The van der Waals surface area contributed by atoms with Gasteiger partial charge in [-0.05, 0) is 54.7 Å². The summed E-state index contributed by atoms with van der Waals surface area (Å²) in [6.45, 7) is 1.81. The summed E-state index contributed by atoms with van der Waals surface area (Å²) < 4.78 is 76.7. The number of aliphatic hydroxyl groups excluding tert-OH is 2. The van der Waals surface area contributed by atoms with Gasteiger partial charge in [0.1, 0.15) is 41.8 Å². The van der Waals surface area contributed by atoms with E-state index >= 15 is 0 Å². The molecule has 2 aliphatic rings. The number of nitrogens with one attached hydrogen (secondary N) is 1. The molecule has 0 spiro atoms. The minimum absolute atomic E-state index is 0.0289. The Morgan fingerprint density at radius 1 is 1.22 bits per heavy atom. The van der Waals surface area contributed by atoms with E-state index in [2.05, 4.69) is 22.0 Å². The van der Waals surface area contributed by atoms with Crippen molar-refractivity contribution in [3.63, 3.8) is 0 Å². The van der Waals surface area contributed by atoms with Crippen LogP contribution < -0.4 is 15.4 Å². The number of carbonyl (C=O) groups excluding carboxylic acids is 1. The van der Waals surface area contributed by atoms with Gasteiger partial charge in [-0.3, -0.25) is 18.1 Å². The Balaban J connectivity index is 1.19. The van der Waals surface area contributed by atoms with Crippen LogP contribution in [-0.4, -0.2) is 95.6 Å². The first-order chi connectivity index (χ1) is 24.1. The molecule has 4 aromatic rings. The first-order valence-electron chi connectivity index (χ1n) is 15.6. The van der Waals surface area contributed by atoms with Crippen molar-refractivity contribution in [2.75, 3.05) is 37.4 Å². The average molecular weight is 751 g/mol. The molecule has 1 unspecified atom stereocenters. The van der Waals surface area contributed by atoms with Gasteiger partial charge in [-0.2, -0.15) is 0 Å². The van der Waals surface area contributed by atoms with E-state index in [9.17, 15) is 37.3 Å². The predicted octanol–water partition coefficient (Wildman–Crippen LogP) is 2.22. The molecule has 1 saturated carbocycles. The Morgan fingerprint density at radius 2 is 1.92 bits per heavy atom. The molecule has 2 fully saturated rings. The highest BCUT2D eigenvalue weighted by Gasteiger charge is 2.45. The number of ether oxygens (including phenoxy) is 1. The number of furan rings is 1. The van der Waals surface area contributed by atoms with E-state index in [1.807, 2.05) is 0 Å². The number of fused-ring (bicyclic) bond motifs is 1. The van der Waals surface area contributed by atoms with Crippen molar-refractivity contribution < 1.29 is 55.5 Å². The minimum Gasteiger partial charge on any atom is -0.455 e. The molecular formula is C31H36FN6O11PS. The van der Waals surface area contributed by atoms with Crippen LogP contribution in [0.15, 0.2) is 53.7 Å². The standard InChI is InChI=1S/C31H36FN6O11PS/c1-16(33)29-35-15-37(36-29)31-27(40)26(39)24(49-31)14-47-50(42,43)46-11-10-38(51(3,44)45)22-13-23-21(12-20(22)17-4-5-17)25(30(41)34-2)28(48-23)18-6-8-19(32)9-7-18/h6-9,12-13,15,17,24,26-27,31,39-40H,1,4-5,10-11,14,33H2,2-3H3,(H,34,41)(H,42,43)/t24-,26-,27-,31-/m1/s1. The summed E-state index contributed by atoms with van der Waals surface area (Å²) >= 11 is 0. The summed E-state index contributed by atoms with van der Waals surface area (Å²) in [5, 5.41) is 28.0. The Morgan fingerprint density at radius 3 is 2.53 bits per heavy atom. The number of benzene rings is 2. The van der Waals surface area contributed by atoms with E-state index < -0.39 is 73.9 Å². The fourth-order valence-corrected chi connectivity index (χ4v) is 7.42. The SMILES string of the molecule is C=C(N)c1ncn([C@@H]2O[C@H](COP(=O)(O)OCCN(c3cc4oc(-c5ccc(F)cc5)c(C(=O)NC)c4cc3C3CC3)S(C)(=O)=O)[C@@H](O)[C@H]2O)n1. The zero-order chi connectivity index (χ0) is 36.8. The van der Waals surface area contributed by atoms with E-state index in [4.69, 9.17) is 23.9 Å². The van der Waals surface area contributed by atoms with Gasteiger partial charge in [0, 0.05) is 24.1 Å². The number of hydrogen-bond donors (Lipinski definition) is 5. The molecule has 0 bridgehead atoms. The first-order valence-corrected chi connectivity index (χ1v) is 19.0. The Kier molecular flexibility index (Phi) is 10.1. The van der Waals surface area contributed by atoms with Crippen molar-refractivity contribution in [1.29, 1.82) is 0 Å². The molecule has 2 aromatic carbocycles. The van der Waals surface area contributed by atoms with Crippen LogP contribution in [0.25, 0.3) is 28.0 Å². The van der Waals surface area contributed by atoms with Crippen LogP contribution in [0.4, 0.5) is 10.1 Å². The fourth-order valence-electron chi connectivity index (χ4n) is 5.78. The monoisotopic (exact) mass is 750 g/mol. The molecule has 6 N–H and O–H groups in total. The Labute approximate surface area is 291 Å². The topological polar surface area (TPSA) is 242 Å². The van der Waals surface area contributed by atoms with Gasteiger partial charge in [-0.1, -0.05) is 6.58 Å². The lowest BCUT2D eigenvalue weighted by atomic mass is 10.0. The molecule has 6 rings (SSSR count). The summed E-state index contributed by atoms with van der Waals surface area (Å²) in [5.74, 6) is -0.724. The molecule has 5 atom stereocenters. The Hall–Kier alpha value is -4.20. The molecule has 2 aromatic heterocycles. The molecule has 51 heavy (non-hydrogen) atoms. The lowest BCUT2D eigenvalue weighted by molar-refractivity contribution is -0.0588. The molecular weight excluding hydrogens is 714 g/mol. The largest absolute Gasteiger partial charge is 0.472 e. The summed E-state index contributed by atoms with van der Waals surface area (Å²) in [4.78, 5) is 27.4. The Bertz CT molecular complexity index is 2120. The van der Waals surface area contributed by atoms with Gasteiger partial charge < -0.3 is 35.3 Å². The molecule has 1 aliphatic heterocycles. The second-order valence-electron chi connectivity index (χ2n) is 12.1. The maximum absolute atomic E-state index is 13.7. The van der Waals surface area contributed by atoms with E-state index in [0.29, 0.717) is 16.5 Å². The van der Waals surface area contributed by atoms with Crippen LogP contribution in [0.1, 0.15) is 46.7 Å². The number of aliphatic hydroxyl groups is 2. The van der Waals surface area contributed by atoms with Crippen LogP contribution in [0.5, 0.6) is 0 Å². The van der Waals surface area contributed by atoms with Crippen molar-refractivity contribution in [3.05, 3.63) is 72.1 Å². The highest BCUT2D eigenvalue weighted by Crippen LogP contribution is 2.49. The van der Waals surface area contributed by atoms with Gasteiger partial charge in [0.15, 0.2) is 12.1 Å². The number of amides is 1. The maximum atomic E-state index is 13.7. The molecule has 1 saturated heterocycles. The van der Waals surface area contributed by atoms with Gasteiger partial charge in [0.05, 0.1) is 43.0 Å². The van der Waals surface area contributed by atoms with Crippen molar-refractivity contribution in [1.82, 2.24) is 20.1 Å². The normalized spacial score (nSPS) is 21.8. The zero-order valence-corrected chi connectivity index (χ0v) is 29.1. The highest BCUT2D eigenvalue weighted by atomic mass is 32.2. The molecule has 3 heterocycles. The number of phosphoric ester groups is 1. The number of rotatable bonds is 14. The molecule has 1 aliphatic carbocycles. The molecule has 1 amide bonds. The van der Waals surface area contributed by atoms with Crippen molar-refractivity contribution in [3.8, 4) is 11.3 Å². The number of nitrogens with zero attached hydrogens (tertiary/aromatic N) is 4. The predicted molar refractivity (Wildman–Crippen MR) is 180 cm³/mol. The van der Waals surface area contributed by atoms with Gasteiger partial charge in [0.25, 0.3) is 5.91 Å². The summed E-state index contributed by atoms with van der Waals surface area (Å²) in [7, 11) is -7.41. The minimum atomic E-state index is -4.85. The number of carbonyl (C=O) groups is 1. The molecule has 0 radical (unpaired) electrons. The third-order valence-electron chi connectivity index (χ3n) is 8.43. The molecule has 20 heteroatoms. The number of aromatic nitrogens is 3. The van der Waals surface area contributed by atoms with Crippen molar-refractivity contribution in [2.45, 2.75) is 43.3 Å². The second kappa shape index (κ2) is 14.1. The van der Waals surface area contributed by atoms with Crippen LogP contribution in [0.2, 0.25) is 0 Å².